The maximum Gasteiger partial charge on any atom is 0.341 e. The van der Waals surface area contributed by atoms with Crippen LogP contribution < -0.4 is 0 Å². The van der Waals surface area contributed by atoms with E-state index in [9.17, 15) is 34.2 Å². The van der Waals surface area contributed by atoms with Crippen molar-refractivity contribution in [1.82, 2.24) is 0 Å². The lowest BCUT2D eigenvalue weighted by Crippen LogP contribution is -2.99. The van der Waals surface area contributed by atoms with Crippen molar-refractivity contribution < 1.29 is 81.2 Å². The number of hydrogen-bond donors (Lipinski definition) is 2. The third kappa shape index (κ3) is 4.28. The Hall–Kier alpha value is -3.61. The summed E-state index contributed by atoms with van der Waals surface area (Å²) in [6.07, 6.45) is -5.20. The van der Waals surface area contributed by atoms with E-state index in [0.29, 0.717) is 12.0 Å². The van der Waals surface area contributed by atoms with E-state index < -0.39 is 147 Å². The van der Waals surface area contributed by atoms with Crippen LogP contribution in [-0.4, -0.2) is 111 Å². The van der Waals surface area contributed by atoms with Crippen LogP contribution in [0.5, 0.6) is 0 Å². The Labute approximate surface area is 347 Å². The van der Waals surface area contributed by atoms with Gasteiger partial charge >= 0.3 is 29.8 Å². The molecule has 2 spiro atoms. The van der Waals surface area contributed by atoms with Crippen molar-refractivity contribution in [2.24, 2.45) is 34.0 Å². The lowest BCUT2D eigenvalue weighted by Gasteiger charge is -2.79. The van der Waals surface area contributed by atoms with E-state index in [1.54, 1.807) is 54.5 Å². The van der Waals surface area contributed by atoms with Crippen LogP contribution in [0.2, 0.25) is 0 Å². The molecule has 17 atom stereocenters. The van der Waals surface area contributed by atoms with Crippen LogP contribution >= 0.6 is 0 Å². The van der Waals surface area contributed by atoms with Gasteiger partial charge in [-0.25, -0.2) is 4.79 Å². The van der Waals surface area contributed by atoms with E-state index >= 15 is 0 Å². The Morgan fingerprint density at radius 3 is 2.18 bits per heavy atom. The topological polar surface area (TPSA) is 225 Å². The largest absolute Gasteiger partial charge is 0.472 e. The first kappa shape index (κ1) is 41.7. The highest BCUT2D eigenvalue weighted by atomic mass is 17.0. The Balaban J connectivity index is 1.41. The lowest BCUT2D eigenvalue weighted by molar-refractivity contribution is -0.479. The smallest absolute Gasteiger partial charge is 0.341 e. The van der Waals surface area contributed by atoms with Gasteiger partial charge in [-0.3, -0.25) is 19.2 Å². The molecule has 17 nitrogen and oxygen atoms in total. The molecule has 0 aromatic carbocycles. The summed E-state index contributed by atoms with van der Waals surface area (Å²) in [5, 5.41) is 28.1. The number of rotatable bonds is 10. The second-order valence-corrected chi connectivity index (χ2v) is 20.0. The van der Waals surface area contributed by atoms with Gasteiger partial charge in [-0.15, -0.1) is 0 Å². The van der Waals surface area contributed by atoms with Gasteiger partial charge in [0.1, 0.15) is 29.5 Å². The van der Waals surface area contributed by atoms with E-state index in [4.69, 9.17) is 47.0 Å². The number of ether oxygens (including phenoxy) is 9. The van der Waals surface area contributed by atoms with Gasteiger partial charge in [-0.05, 0) is 45.1 Å². The fraction of sp³-hybridized carbons (Fsp3) is 0.791. The molecule has 5 heterocycles. The summed E-state index contributed by atoms with van der Waals surface area (Å²) < 4.78 is 63.7. The molecule has 9 rings (SSSR count). The predicted molar refractivity (Wildman–Crippen MR) is 198 cm³/mol. The van der Waals surface area contributed by atoms with Crippen molar-refractivity contribution >= 4 is 29.8 Å². The molecular weight excluding hydrogens is 788 g/mol. The number of fused-ring (bicyclic) bond motifs is 2. The van der Waals surface area contributed by atoms with E-state index in [2.05, 4.69) is 0 Å². The SMILES string of the molecule is CCC(C)C(=O)O[C@@H]1C[C@@]2(C)[C@H](c3ccoc3)OC(=O)CC23OC2(C)OC34[C@H](OC(=O)C(C)C)C3(O)[C@@H](OC(=O)C5(C)OC5C)[C@@]5(C)C[C@]3(O)[C@@](C)([C@H]5CC(=O)OC)C14O2. The number of carbonyl (C=O) groups is 5. The van der Waals surface area contributed by atoms with Gasteiger partial charge in [-0.1, -0.05) is 48.5 Å². The van der Waals surface area contributed by atoms with E-state index in [1.165, 1.54) is 33.5 Å². The maximum atomic E-state index is 14.4. The lowest BCUT2D eigenvalue weighted by atomic mass is 9.31. The molecule has 1 aromatic rings. The second kappa shape index (κ2) is 12.1. The number of carbonyl (C=O) groups excluding carboxylic acids is 5. The van der Waals surface area contributed by atoms with Gasteiger partial charge in [0, 0.05) is 35.2 Å². The Kier molecular flexibility index (Phi) is 8.41. The van der Waals surface area contributed by atoms with Gasteiger partial charge in [0.2, 0.25) is 0 Å². The Morgan fingerprint density at radius 1 is 0.933 bits per heavy atom. The number of methoxy groups -OCH3 is 1. The molecule has 17 heteroatoms. The zero-order valence-corrected chi connectivity index (χ0v) is 35.9. The number of aliphatic hydroxyl groups is 2. The zero-order valence-electron chi connectivity index (χ0n) is 35.9. The molecule has 0 radical (unpaired) electrons. The summed E-state index contributed by atoms with van der Waals surface area (Å²) in [6.45, 7) is 16.5. The minimum absolute atomic E-state index is 0.151. The summed E-state index contributed by atoms with van der Waals surface area (Å²) in [4.78, 5) is 71.1. The molecule has 4 aliphatic heterocycles. The summed E-state index contributed by atoms with van der Waals surface area (Å²) >= 11 is 0. The standard InChI is InChI=1S/C43H56O17/c1-12-21(4)30(47)53-25-16-35(7)28(23-13-14-52-18-23)54-27(45)17-40(35)43-32(55-29(46)20(2)3)41(50)31(56-33(48)36(8)22(5)57-36)34(6)19-39(41,49)37(9,24(34)15-26(44)51-11)42(25,43)59-38(10,58-40)60-43/h13-14,18,20-22,24-25,28,31-32,49-50H,12,15-17,19H2,1-11H3/t21?,22?,24-,25+,28-,31-,32+,34-,35-,36?,37+,38?,39-,40?,41?,42?,43?/m0/s1. The van der Waals surface area contributed by atoms with Gasteiger partial charge in [-0.2, -0.15) is 0 Å². The van der Waals surface area contributed by atoms with Crippen LogP contribution in [0.4, 0.5) is 0 Å². The summed E-state index contributed by atoms with van der Waals surface area (Å²) in [7, 11) is 1.21. The number of cyclic esters (lactones) is 1. The third-order valence-electron chi connectivity index (χ3n) is 16.8. The van der Waals surface area contributed by atoms with Crippen LogP contribution in [0.25, 0.3) is 0 Å². The molecule has 8 unspecified atom stereocenters. The molecule has 0 amide bonds. The monoisotopic (exact) mass is 844 g/mol. The quantitative estimate of drug-likeness (QED) is 0.196. The van der Waals surface area contributed by atoms with E-state index in [-0.39, 0.29) is 12.8 Å². The molecule has 8 aliphatic rings. The van der Waals surface area contributed by atoms with Crippen molar-refractivity contribution in [3.05, 3.63) is 24.2 Å². The summed E-state index contributed by atoms with van der Waals surface area (Å²) in [5.41, 5.74) is -17.8. The molecule has 1 aromatic heterocycles. The van der Waals surface area contributed by atoms with Gasteiger partial charge in [0.25, 0.3) is 5.97 Å². The first-order valence-electron chi connectivity index (χ1n) is 21.0. The molecule has 60 heavy (non-hydrogen) atoms. The van der Waals surface area contributed by atoms with Crippen molar-refractivity contribution in [2.45, 2.75) is 171 Å². The first-order valence-corrected chi connectivity index (χ1v) is 21.0. The Morgan fingerprint density at radius 2 is 1.60 bits per heavy atom. The average molecular weight is 845 g/mol. The highest BCUT2D eigenvalue weighted by molar-refractivity contribution is 5.83. The Bertz CT molecular complexity index is 2070. The summed E-state index contributed by atoms with van der Waals surface area (Å²) in [5.74, 6) is -8.52. The zero-order chi connectivity index (χ0) is 43.8. The highest BCUT2D eigenvalue weighted by Crippen LogP contribution is 2.89. The minimum Gasteiger partial charge on any atom is -0.472 e. The molecular formula is C43H56O17. The fourth-order valence-corrected chi connectivity index (χ4v) is 13.7. The van der Waals surface area contributed by atoms with Crippen LogP contribution in [0.3, 0.4) is 0 Å². The van der Waals surface area contributed by atoms with E-state index in [0.717, 1.165) is 0 Å². The van der Waals surface area contributed by atoms with Crippen LogP contribution in [0, 0.1) is 34.0 Å². The van der Waals surface area contributed by atoms with Crippen molar-refractivity contribution in [1.29, 1.82) is 0 Å². The van der Waals surface area contributed by atoms with Crippen LogP contribution in [-0.2, 0) is 66.6 Å². The molecule has 2 N–H and O–H groups in total. The molecule has 8 fully saturated rings. The number of hydrogen-bond acceptors (Lipinski definition) is 17. The molecule has 4 aliphatic carbocycles. The number of esters is 5. The molecule has 4 saturated carbocycles. The van der Waals surface area contributed by atoms with Gasteiger partial charge in [0.15, 0.2) is 28.5 Å². The summed E-state index contributed by atoms with van der Waals surface area (Å²) in [6, 6.07) is 1.62. The first-order chi connectivity index (χ1) is 27.8. The van der Waals surface area contributed by atoms with Crippen molar-refractivity contribution in [3.8, 4) is 0 Å². The molecule has 4 bridgehead atoms. The van der Waals surface area contributed by atoms with Gasteiger partial charge < -0.3 is 57.3 Å². The minimum atomic E-state index is -2.80. The number of epoxide rings is 1. The normalized spacial score (nSPS) is 51.6. The van der Waals surface area contributed by atoms with E-state index in [1.807, 2.05) is 6.92 Å². The highest BCUT2D eigenvalue weighted by Gasteiger charge is 3.07. The van der Waals surface area contributed by atoms with Crippen LogP contribution in [0.15, 0.2) is 23.0 Å². The maximum absolute atomic E-state index is 14.4. The predicted octanol–water partition coefficient (Wildman–Crippen LogP) is 3.34. The van der Waals surface area contributed by atoms with Gasteiger partial charge in [0.05, 0.1) is 44.0 Å². The van der Waals surface area contributed by atoms with Crippen LogP contribution in [0.1, 0.15) is 113 Å². The van der Waals surface area contributed by atoms with Crippen molar-refractivity contribution in [2.75, 3.05) is 7.11 Å². The third-order valence-corrected chi connectivity index (χ3v) is 16.8. The fourth-order valence-electron chi connectivity index (χ4n) is 13.7. The molecule has 330 valence electrons. The number of furan rings is 1. The second-order valence-electron chi connectivity index (χ2n) is 20.0. The average Bonchev–Trinajstić information content (AvgIpc) is 3.63. The molecule has 4 saturated heterocycles. The van der Waals surface area contributed by atoms with Crippen molar-refractivity contribution in [3.63, 3.8) is 0 Å².